The van der Waals surface area contributed by atoms with Crippen molar-refractivity contribution in [3.8, 4) is 0 Å². The molecule has 1 aliphatic heterocycles. The minimum absolute atomic E-state index is 0.599. The van der Waals surface area contributed by atoms with E-state index in [0.717, 1.165) is 42.1 Å². The van der Waals surface area contributed by atoms with Gasteiger partial charge in [-0.1, -0.05) is 0 Å². The first kappa shape index (κ1) is 10.9. The Kier molecular flexibility index (Phi) is 3.20. The van der Waals surface area contributed by atoms with Gasteiger partial charge in [-0.05, 0) is 25.0 Å². The van der Waals surface area contributed by atoms with E-state index >= 15 is 0 Å². The Morgan fingerprint density at radius 3 is 2.94 bits per heavy atom. The van der Waals surface area contributed by atoms with Gasteiger partial charge in [-0.2, -0.15) is 0 Å². The zero-order valence-electron chi connectivity index (χ0n) is 9.37. The average Bonchev–Trinajstić information content (AvgIpc) is 2.40. The first-order valence-electron chi connectivity index (χ1n) is 5.73. The van der Waals surface area contributed by atoms with E-state index in [0.29, 0.717) is 5.25 Å². The third-order valence-electron chi connectivity index (χ3n) is 2.82. The quantitative estimate of drug-likeness (QED) is 0.762. The minimum atomic E-state index is 0.599. The smallest absolute Gasteiger partial charge is 0.163 e. The normalized spacial score (nSPS) is 17.4. The molecule has 3 heterocycles. The van der Waals surface area contributed by atoms with Gasteiger partial charge in [-0.3, -0.25) is 0 Å². The maximum atomic E-state index is 5.37. The first-order valence-corrected chi connectivity index (χ1v) is 6.61. The van der Waals surface area contributed by atoms with Gasteiger partial charge >= 0.3 is 0 Å². The van der Waals surface area contributed by atoms with Crippen LogP contribution in [0.15, 0.2) is 29.7 Å². The lowest BCUT2D eigenvalue weighted by Gasteiger charge is -2.21. The Hall–Kier alpha value is -1.20. The molecule has 0 radical (unpaired) electrons. The molecule has 1 fully saturated rings. The Morgan fingerprint density at radius 1 is 1.18 bits per heavy atom. The molecule has 0 aromatic carbocycles. The number of ether oxygens (including phenoxy) is 1. The van der Waals surface area contributed by atoms with Gasteiger partial charge in [0.05, 0.1) is 5.39 Å². The molecule has 0 spiro atoms. The SMILES string of the molecule is c1cnc2ncnc(SC3CCOCC3)c2c1. The van der Waals surface area contributed by atoms with Crippen LogP contribution >= 0.6 is 11.8 Å². The summed E-state index contributed by atoms with van der Waals surface area (Å²) < 4.78 is 5.37. The fourth-order valence-corrected chi connectivity index (χ4v) is 3.06. The zero-order valence-corrected chi connectivity index (χ0v) is 10.2. The van der Waals surface area contributed by atoms with Crippen LogP contribution in [0.2, 0.25) is 0 Å². The van der Waals surface area contributed by atoms with Crippen LogP contribution in [0.1, 0.15) is 12.8 Å². The molecule has 0 unspecified atom stereocenters. The van der Waals surface area contributed by atoms with Crippen LogP contribution in [-0.2, 0) is 4.74 Å². The van der Waals surface area contributed by atoms with E-state index in [9.17, 15) is 0 Å². The van der Waals surface area contributed by atoms with Crippen molar-refractivity contribution in [2.45, 2.75) is 23.1 Å². The number of pyridine rings is 1. The third kappa shape index (κ3) is 2.40. The van der Waals surface area contributed by atoms with Gasteiger partial charge < -0.3 is 4.74 Å². The standard InChI is InChI=1S/C12H13N3OS/c1-2-10-11(13-5-1)14-8-15-12(10)17-9-3-6-16-7-4-9/h1-2,5,8-9H,3-4,6-7H2. The lowest BCUT2D eigenvalue weighted by Crippen LogP contribution is -2.17. The Balaban J connectivity index is 1.89. The number of rotatable bonds is 2. The van der Waals surface area contributed by atoms with E-state index in [1.54, 1.807) is 12.5 Å². The highest BCUT2D eigenvalue weighted by molar-refractivity contribution is 8.00. The van der Waals surface area contributed by atoms with E-state index < -0.39 is 0 Å². The molecule has 0 amide bonds. The van der Waals surface area contributed by atoms with Gasteiger partial charge in [-0.15, -0.1) is 11.8 Å². The van der Waals surface area contributed by atoms with E-state index in [1.807, 2.05) is 23.9 Å². The van der Waals surface area contributed by atoms with Crippen LogP contribution < -0.4 is 0 Å². The molecular weight excluding hydrogens is 234 g/mol. The van der Waals surface area contributed by atoms with Crippen LogP contribution in [0, 0.1) is 0 Å². The van der Waals surface area contributed by atoms with Crippen LogP contribution in [0.3, 0.4) is 0 Å². The predicted octanol–water partition coefficient (Wildman–Crippen LogP) is 2.30. The summed E-state index contributed by atoms with van der Waals surface area (Å²) >= 11 is 1.82. The lowest BCUT2D eigenvalue weighted by atomic mass is 10.2. The second kappa shape index (κ2) is 4.98. The second-order valence-corrected chi connectivity index (χ2v) is 5.27. The van der Waals surface area contributed by atoms with Crippen LogP contribution in [0.25, 0.3) is 11.0 Å². The fraction of sp³-hybridized carbons (Fsp3) is 0.417. The summed E-state index contributed by atoms with van der Waals surface area (Å²) in [6.07, 6.45) is 5.54. The summed E-state index contributed by atoms with van der Waals surface area (Å²) in [5, 5.41) is 2.68. The van der Waals surface area contributed by atoms with Crippen molar-refractivity contribution in [2.24, 2.45) is 0 Å². The van der Waals surface area contributed by atoms with Crippen molar-refractivity contribution in [1.82, 2.24) is 15.0 Å². The number of aromatic nitrogens is 3. The molecule has 1 aliphatic rings. The maximum absolute atomic E-state index is 5.37. The highest BCUT2D eigenvalue weighted by Gasteiger charge is 2.17. The van der Waals surface area contributed by atoms with Gasteiger partial charge in [0.25, 0.3) is 0 Å². The molecule has 0 saturated carbocycles. The molecule has 5 heteroatoms. The van der Waals surface area contributed by atoms with Crippen molar-refractivity contribution < 1.29 is 4.74 Å². The molecule has 3 rings (SSSR count). The lowest BCUT2D eigenvalue weighted by molar-refractivity contribution is 0.1000. The first-order chi connectivity index (χ1) is 8.43. The number of thioether (sulfide) groups is 1. The highest BCUT2D eigenvalue weighted by atomic mass is 32.2. The van der Waals surface area contributed by atoms with Gasteiger partial charge in [-0.25, -0.2) is 15.0 Å². The van der Waals surface area contributed by atoms with Crippen molar-refractivity contribution in [3.05, 3.63) is 24.7 Å². The minimum Gasteiger partial charge on any atom is -0.381 e. The molecule has 2 aromatic heterocycles. The van der Waals surface area contributed by atoms with E-state index in [-0.39, 0.29) is 0 Å². The third-order valence-corrected chi connectivity index (χ3v) is 4.17. The van der Waals surface area contributed by atoms with Crippen molar-refractivity contribution in [3.63, 3.8) is 0 Å². The molecule has 0 aliphatic carbocycles. The summed E-state index contributed by atoms with van der Waals surface area (Å²) in [5.74, 6) is 0. The largest absolute Gasteiger partial charge is 0.381 e. The second-order valence-electron chi connectivity index (χ2n) is 3.98. The number of nitrogens with zero attached hydrogens (tertiary/aromatic N) is 3. The summed E-state index contributed by atoms with van der Waals surface area (Å²) in [6.45, 7) is 1.72. The molecule has 0 bridgehead atoms. The molecule has 4 nitrogen and oxygen atoms in total. The van der Waals surface area contributed by atoms with Crippen LogP contribution in [-0.4, -0.2) is 33.4 Å². The number of hydrogen-bond acceptors (Lipinski definition) is 5. The molecule has 1 saturated heterocycles. The van der Waals surface area contributed by atoms with E-state index in [2.05, 4.69) is 15.0 Å². The van der Waals surface area contributed by atoms with Gasteiger partial charge in [0.1, 0.15) is 11.4 Å². The topological polar surface area (TPSA) is 47.9 Å². The summed E-state index contributed by atoms with van der Waals surface area (Å²) in [7, 11) is 0. The van der Waals surface area contributed by atoms with Crippen molar-refractivity contribution >= 4 is 22.8 Å². The Bertz CT molecular complexity index is 509. The number of hydrogen-bond donors (Lipinski definition) is 0. The monoisotopic (exact) mass is 247 g/mol. The molecule has 0 N–H and O–H groups in total. The van der Waals surface area contributed by atoms with E-state index in [4.69, 9.17) is 4.74 Å². The van der Waals surface area contributed by atoms with Crippen LogP contribution in [0.4, 0.5) is 0 Å². The average molecular weight is 247 g/mol. The molecule has 17 heavy (non-hydrogen) atoms. The van der Waals surface area contributed by atoms with Gasteiger partial charge in [0.15, 0.2) is 5.65 Å². The van der Waals surface area contributed by atoms with Crippen molar-refractivity contribution in [1.29, 1.82) is 0 Å². The van der Waals surface area contributed by atoms with E-state index in [1.165, 1.54) is 0 Å². The number of fused-ring (bicyclic) bond motifs is 1. The highest BCUT2D eigenvalue weighted by Crippen LogP contribution is 2.31. The Labute approximate surface area is 104 Å². The predicted molar refractivity (Wildman–Crippen MR) is 67.0 cm³/mol. The zero-order chi connectivity index (χ0) is 11.5. The maximum Gasteiger partial charge on any atom is 0.163 e. The summed E-state index contributed by atoms with van der Waals surface area (Å²) in [4.78, 5) is 12.8. The molecule has 88 valence electrons. The molecule has 0 atom stereocenters. The Morgan fingerprint density at radius 2 is 2.06 bits per heavy atom. The van der Waals surface area contributed by atoms with Crippen LogP contribution in [0.5, 0.6) is 0 Å². The van der Waals surface area contributed by atoms with Gasteiger partial charge in [0.2, 0.25) is 0 Å². The van der Waals surface area contributed by atoms with Gasteiger partial charge in [0, 0.05) is 24.7 Å². The summed E-state index contributed by atoms with van der Waals surface area (Å²) in [6, 6.07) is 3.96. The molecule has 2 aromatic rings. The molecular formula is C12H13N3OS. The summed E-state index contributed by atoms with van der Waals surface area (Å²) in [5.41, 5.74) is 0.775. The van der Waals surface area contributed by atoms with Crippen molar-refractivity contribution in [2.75, 3.05) is 13.2 Å². The fourth-order valence-electron chi connectivity index (χ4n) is 1.92.